The standard InChI is InChI=1S/C31H34N6O7S2/c1-42-16-15-36(18-21-7-5-4-6-8-21)46(40,41)22-9-11-25-23(17-22)31(13-14-35(19-31)30(39)44-3)20-37(25)29(38)34-28-32-24-10-12-26(43-2)33-27(24)45-28/h4-12,17H,13-16,18-20H2,1-3H3,(H,32,34,38)/t31-/m1/s1. The minimum absolute atomic E-state index is 0.0997. The maximum Gasteiger partial charge on any atom is 0.409 e. The second-order valence-electron chi connectivity index (χ2n) is 11.1. The molecule has 0 aliphatic carbocycles. The molecule has 1 atom stereocenters. The molecule has 2 aliphatic heterocycles. The minimum Gasteiger partial charge on any atom is -0.481 e. The number of amides is 3. The van der Waals surface area contributed by atoms with Gasteiger partial charge < -0.3 is 19.1 Å². The Hall–Kier alpha value is -4.31. The number of rotatable bonds is 9. The summed E-state index contributed by atoms with van der Waals surface area (Å²) in [6.45, 7) is 1.45. The first-order chi connectivity index (χ1) is 22.2. The monoisotopic (exact) mass is 666 g/mol. The molecule has 2 aromatic heterocycles. The molecule has 4 aromatic rings. The van der Waals surface area contributed by atoms with Crippen LogP contribution in [0.3, 0.4) is 0 Å². The third-order valence-corrected chi connectivity index (χ3v) is 11.1. The number of nitrogens with one attached hydrogen (secondary N) is 1. The first kappa shape index (κ1) is 31.7. The van der Waals surface area contributed by atoms with E-state index in [1.807, 2.05) is 30.3 Å². The number of pyridine rings is 1. The number of thiazole rings is 1. The van der Waals surface area contributed by atoms with Crippen LogP contribution in [0.5, 0.6) is 5.88 Å². The number of fused-ring (bicyclic) bond motifs is 3. The second kappa shape index (κ2) is 12.8. The van der Waals surface area contributed by atoms with E-state index in [1.54, 1.807) is 34.1 Å². The lowest BCUT2D eigenvalue weighted by molar-refractivity contribution is 0.131. The van der Waals surface area contributed by atoms with Crippen LogP contribution < -0.4 is 15.0 Å². The predicted molar refractivity (Wildman–Crippen MR) is 173 cm³/mol. The molecule has 0 radical (unpaired) electrons. The van der Waals surface area contributed by atoms with Crippen LogP contribution in [0.1, 0.15) is 17.5 Å². The summed E-state index contributed by atoms with van der Waals surface area (Å²) >= 11 is 1.22. The topological polar surface area (TPSA) is 144 Å². The number of anilines is 2. The molecule has 1 saturated heterocycles. The van der Waals surface area contributed by atoms with E-state index < -0.39 is 27.6 Å². The van der Waals surface area contributed by atoms with Gasteiger partial charge in [-0.05, 0) is 41.8 Å². The Morgan fingerprint density at radius 1 is 1.04 bits per heavy atom. The fourth-order valence-electron chi connectivity index (χ4n) is 6.04. The van der Waals surface area contributed by atoms with Crippen LogP contribution in [-0.2, 0) is 31.5 Å². The van der Waals surface area contributed by atoms with Gasteiger partial charge in [-0.25, -0.2) is 28.0 Å². The molecule has 15 heteroatoms. The number of hydrogen-bond acceptors (Lipinski definition) is 10. The number of ether oxygens (including phenoxy) is 3. The van der Waals surface area contributed by atoms with E-state index in [1.165, 1.54) is 43.0 Å². The third kappa shape index (κ3) is 5.98. The summed E-state index contributed by atoms with van der Waals surface area (Å²) in [6.07, 6.45) is 0.0427. The smallest absolute Gasteiger partial charge is 0.409 e. The molecule has 46 heavy (non-hydrogen) atoms. The quantitative estimate of drug-likeness (QED) is 0.277. The Balaban J connectivity index is 1.35. The van der Waals surface area contributed by atoms with Crippen LogP contribution in [0.25, 0.3) is 10.3 Å². The van der Waals surface area contributed by atoms with Gasteiger partial charge in [-0.3, -0.25) is 10.2 Å². The number of urea groups is 1. The average molecular weight is 667 g/mol. The SMILES string of the molecule is COCCN(Cc1ccccc1)S(=O)(=O)c1ccc2c(c1)[C@@]1(CCN(C(=O)OC)C1)CN2C(=O)Nc1nc2ccc(OC)nc2s1. The van der Waals surface area contributed by atoms with Gasteiger partial charge in [-0.2, -0.15) is 4.31 Å². The fourth-order valence-corrected chi connectivity index (χ4v) is 8.29. The molecule has 0 bridgehead atoms. The highest BCUT2D eigenvalue weighted by Gasteiger charge is 2.50. The molecule has 2 aromatic carbocycles. The number of sulfonamides is 1. The average Bonchev–Trinajstić information content (AvgIpc) is 3.77. The highest BCUT2D eigenvalue weighted by Crippen LogP contribution is 2.48. The molecular weight excluding hydrogens is 633 g/mol. The molecule has 0 unspecified atom stereocenters. The lowest BCUT2D eigenvalue weighted by Gasteiger charge is -2.26. The Bertz CT molecular complexity index is 1870. The molecule has 1 N–H and O–H groups in total. The molecular formula is C31H34N6O7S2. The summed E-state index contributed by atoms with van der Waals surface area (Å²) in [4.78, 5) is 39.1. The van der Waals surface area contributed by atoms with Crippen molar-refractivity contribution in [3.8, 4) is 5.88 Å². The number of carbonyl (C=O) groups is 2. The molecule has 13 nitrogen and oxygen atoms in total. The van der Waals surface area contributed by atoms with E-state index in [9.17, 15) is 18.0 Å². The number of nitrogens with zero attached hydrogens (tertiary/aromatic N) is 5. The summed E-state index contributed by atoms with van der Waals surface area (Å²) in [7, 11) is 0.403. The predicted octanol–water partition coefficient (Wildman–Crippen LogP) is 4.30. The van der Waals surface area contributed by atoms with Gasteiger partial charge in [0.05, 0.1) is 25.7 Å². The van der Waals surface area contributed by atoms with Crippen LogP contribution in [0.4, 0.5) is 20.4 Å². The van der Waals surface area contributed by atoms with Crippen molar-refractivity contribution in [2.24, 2.45) is 0 Å². The molecule has 3 amide bonds. The first-order valence-electron chi connectivity index (χ1n) is 14.6. The van der Waals surface area contributed by atoms with Gasteiger partial charge in [0.25, 0.3) is 0 Å². The molecule has 2 aliphatic rings. The zero-order valence-corrected chi connectivity index (χ0v) is 27.3. The largest absolute Gasteiger partial charge is 0.481 e. The Kier molecular flexibility index (Phi) is 8.83. The molecule has 1 fully saturated rings. The highest BCUT2D eigenvalue weighted by molar-refractivity contribution is 7.89. The highest BCUT2D eigenvalue weighted by atomic mass is 32.2. The normalized spacial score (nSPS) is 17.6. The van der Waals surface area contributed by atoms with Gasteiger partial charge >= 0.3 is 12.1 Å². The van der Waals surface area contributed by atoms with Gasteiger partial charge in [0.1, 0.15) is 10.3 Å². The summed E-state index contributed by atoms with van der Waals surface area (Å²) in [6, 6.07) is 17.2. The van der Waals surface area contributed by atoms with E-state index in [0.717, 1.165) is 5.56 Å². The van der Waals surface area contributed by atoms with E-state index >= 15 is 0 Å². The van der Waals surface area contributed by atoms with Crippen molar-refractivity contribution in [3.63, 3.8) is 0 Å². The fraction of sp³-hybridized carbons (Fsp3) is 0.355. The number of carbonyl (C=O) groups excluding carboxylic acids is 2. The van der Waals surface area contributed by atoms with Gasteiger partial charge in [-0.15, -0.1) is 0 Å². The summed E-state index contributed by atoms with van der Waals surface area (Å²) in [5.41, 5.74) is 2.00. The van der Waals surface area contributed by atoms with Crippen LogP contribution in [0, 0.1) is 0 Å². The molecule has 1 spiro atoms. The van der Waals surface area contributed by atoms with Crippen LogP contribution in [0.2, 0.25) is 0 Å². The summed E-state index contributed by atoms with van der Waals surface area (Å²) in [5.74, 6) is 0.441. The van der Waals surface area contributed by atoms with Gasteiger partial charge in [0.15, 0.2) is 5.13 Å². The number of methoxy groups -OCH3 is 3. The lowest BCUT2D eigenvalue weighted by atomic mass is 9.81. The van der Waals surface area contributed by atoms with Gasteiger partial charge in [-0.1, -0.05) is 41.7 Å². The number of benzene rings is 2. The lowest BCUT2D eigenvalue weighted by Crippen LogP contribution is -2.41. The van der Waals surface area contributed by atoms with Crippen molar-refractivity contribution in [1.29, 1.82) is 0 Å². The van der Waals surface area contributed by atoms with Crippen molar-refractivity contribution >= 4 is 54.7 Å². The van der Waals surface area contributed by atoms with Crippen LogP contribution >= 0.6 is 11.3 Å². The Labute approximate surface area is 270 Å². The zero-order chi connectivity index (χ0) is 32.5. The Morgan fingerprint density at radius 2 is 1.85 bits per heavy atom. The number of likely N-dealkylation sites (tertiary alicyclic amines) is 1. The summed E-state index contributed by atoms with van der Waals surface area (Å²) in [5, 5.41) is 3.25. The second-order valence-corrected chi connectivity index (χ2v) is 14.0. The zero-order valence-electron chi connectivity index (χ0n) is 25.6. The number of aromatic nitrogens is 2. The van der Waals surface area contributed by atoms with Crippen molar-refractivity contribution in [1.82, 2.24) is 19.2 Å². The van der Waals surface area contributed by atoms with Crippen molar-refractivity contribution in [2.45, 2.75) is 23.3 Å². The molecule has 0 saturated carbocycles. The molecule has 242 valence electrons. The van der Waals surface area contributed by atoms with Crippen molar-refractivity contribution in [2.75, 3.05) is 64.3 Å². The van der Waals surface area contributed by atoms with Gasteiger partial charge in [0.2, 0.25) is 15.9 Å². The van der Waals surface area contributed by atoms with E-state index in [2.05, 4.69) is 15.3 Å². The van der Waals surface area contributed by atoms with Crippen molar-refractivity contribution < 1.29 is 32.2 Å². The number of hydrogen-bond donors (Lipinski definition) is 1. The van der Waals surface area contributed by atoms with Crippen LogP contribution in [-0.4, -0.2) is 93.8 Å². The van der Waals surface area contributed by atoms with Gasteiger partial charge in [0, 0.05) is 57.0 Å². The Morgan fingerprint density at radius 3 is 2.59 bits per heavy atom. The maximum atomic E-state index is 14.1. The van der Waals surface area contributed by atoms with Crippen molar-refractivity contribution in [3.05, 3.63) is 71.8 Å². The van der Waals surface area contributed by atoms with E-state index in [4.69, 9.17) is 14.2 Å². The van der Waals surface area contributed by atoms with E-state index in [-0.39, 0.29) is 37.7 Å². The first-order valence-corrected chi connectivity index (χ1v) is 16.8. The summed E-state index contributed by atoms with van der Waals surface area (Å²) < 4.78 is 45.1. The maximum absolute atomic E-state index is 14.1. The van der Waals surface area contributed by atoms with Crippen LogP contribution in [0.15, 0.2) is 65.6 Å². The van der Waals surface area contributed by atoms with E-state index in [0.29, 0.717) is 45.6 Å². The minimum atomic E-state index is -3.98. The molecule has 6 rings (SSSR count). The molecule has 4 heterocycles. The third-order valence-electron chi connectivity index (χ3n) is 8.36.